The van der Waals surface area contributed by atoms with Crippen LogP contribution >= 0.6 is 11.6 Å². The van der Waals surface area contributed by atoms with Crippen molar-refractivity contribution in [1.29, 1.82) is 0 Å². The Kier molecular flexibility index (Phi) is 3.58. The van der Waals surface area contributed by atoms with Crippen LogP contribution in [-0.2, 0) is 6.54 Å². The van der Waals surface area contributed by atoms with Crippen molar-refractivity contribution in [3.63, 3.8) is 0 Å². The molecule has 1 heterocycles. The van der Waals surface area contributed by atoms with E-state index >= 15 is 0 Å². The average molecular weight is 264 g/mol. The summed E-state index contributed by atoms with van der Waals surface area (Å²) in [5.74, 6) is -0.200. The van der Waals surface area contributed by atoms with Gasteiger partial charge in [0.1, 0.15) is 5.69 Å². The molecule has 4 nitrogen and oxygen atoms in total. The van der Waals surface area contributed by atoms with Crippen LogP contribution in [0.5, 0.6) is 0 Å². The molecule has 0 aliphatic carbocycles. The van der Waals surface area contributed by atoms with Crippen LogP contribution in [0, 0.1) is 0 Å². The number of amides is 1. The Morgan fingerprint density at radius 2 is 2.22 bits per heavy atom. The molecule has 0 unspecified atom stereocenters. The molecule has 94 valence electrons. The van der Waals surface area contributed by atoms with Gasteiger partial charge in [-0.15, -0.1) is 0 Å². The number of carbonyl (C=O) groups is 1. The number of aromatic nitrogens is 1. The molecule has 0 spiro atoms. The molecule has 2 aromatic rings. The normalized spacial score (nSPS) is 10.3. The van der Waals surface area contributed by atoms with E-state index in [-0.39, 0.29) is 5.91 Å². The molecule has 5 heteroatoms. The minimum absolute atomic E-state index is 0.200. The first-order valence-corrected chi connectivity index (χ1v) is 6.00. The maximum Gasteiger partial charge on any atom is 0.272 e. The number of hydrogen-bond donors (Lipinski definition) is 2. The molecule has 1 aromatic carbocycles. The van der Waals surface area contributed by atoms with Crippen LogP contribution in [0.2, 0.25) is 5.02 Å². The second-order valence-corrected chi connectivity index (χ2v) is 4.35. The van der Waals surface area contributed by atoms with Gasteiger partial charge >= 0.3 is 0 Å². The molecule has 0 atom stereocenters. The van der Waals surface area contributed by atoms with Crippen LogP contribution < -0.4 is 11.1 Å². The van der Waals surface area contributed by atoms with E-state index in [9.17, 15) is 4.79 Å². The van der Waals surface area contributed by atoms with Crippen LogP contribution in [0.25, 0.3) is 0 Å². The van der Waals surface area contributed by atoms with Crippen molar-refractivity contribution in [2.24, 2.45) is 0 Å². The van der Waals surface area contributed by atoms with E-state index in [1.165, 1.54) is 0 Å². The molecule has 3 N–H and O–H groups in total. The van der Waals surface area contributed by atoms with Crippen LogP contribution in [0.1, 0.15) is 17.4 Å². The largest absolute Gasteiger partial charge is 0.399 e. The Morgan fingerprint density at radius 1 is 1.44 bits per heavy atom. The first-order chi connectivity index (χ1) is 8.60. The third kappa shape index (κ3) is 2.65. The number of anilines is 2. The SMILES string of the molecule is CCn1cc(Cl)cc1C(=O)Nc1cccc(N)c1. The summed E-state index contributed by atoms with van der Waals surface area (Å²) in [6.45, 7) is 2.64. The predicted octanol–water partition coefficient (Wildman–Crippen LogP) is 3.00. The fourth-order valence-electron chi connectivity index (χ4n) is 1.74. The smallest absolute Gasteiger partial charge is 0.272 e. The Bertz CT molecular complexity index is 577. The molecule has 0 saturated heterocycles. The van der Waals surface area contributed by atoms with Gasteiger partial charge in [0, 0.05) is 24.1 Å². The van der Waals surface area contributed by atoms with Crippen molar-refractivity contribution in [2.45, 2.75) is 13.5 Å². The highest BCUT2D eigenvalue weighted by Crippen LogP contribution is 2.17. The quantitative estimate of drug-likeness (QED) is 0.837. The number of nitrogens with two attached hydrogens (primary N) is 1. The van der Waals surface area contributed by atoms with Gasteiger partial charge in [-0.1, -0.05) is 17.7 Å². The van der Waals surface area contributed by atoms with Gasteiger partial charge in [0.25, 0.3) is 5.91 Å². The maximum absolute atomic E-state index is 12.1. The first-order valence-electron chi connectivity index (χ1n) is 5.62. The molecule has 0 fully saturated rings. The molecular weight excluding hydrogens is 250 g/mol. The molecule has 0 aliphatic heterocycles. The average Bonchev–Trinajstić information content (AvgIpc) is 2.70. The van der Waals surface area contributed by atoms with Gasteiger partial charge in [-0.25, -0.2) is 0 Å². The zero-order valence-electron chi connectivity index (χ0n) is 9.98. The van der Waals surface area contributed by atoms with Gasteiger partial charge < -0.3 is 15.6 Å². The highest BCUT2D eigenvalue weighted by atomic mass is 35.5. The number of nitrogens with zero attached hydrogens (tertiary/aromatic N) is 1. The summed E-state index contributed by atoms with van der Waals surface area (Å²) >= 11 is 5.90. The zero-order valence-corrected chi connectivity index (χ0v) is 10.7. The predicted molar refractivity (Wildman–Crippen MR) is 73.9 cm³/mol. The number of nitrogens with one attached hydrogen (secondary N) is 1. The van der Waals surface area contributed by atoms with Gasteiger partial charge in [0.2, 0.25) is 0 Å². The number of carbonyl (C=O) groups excluding carboxylic acids is 1. The lowest BCUT2D eigenvalue weighted by molar-refractivity contribution is 0.101. The maximum atomic E-state index is 12.1. The molecule has 0 bridgehead atoms. The molecular formula is C13H14ClN3O. The van der Waals surface area contributed by atoms with Crippen LogP contribution in [0.4, 0.5) is 11.4 Å². The second-order valence-electron chi connectivity index (χ2n) is 3.91. The van der Waals surface area contributed by atoms with Crippen molar-refractivity contribution < 1.29 is 4.79 Å². The van der Waals surface area contributed by atoms with Crippen molar-refractivity contribution in [3.8, 4) is 0 Å². The van der Waals surface area contributed by atoms with E-state index in [1.807, 2.05) is 6.92 Å². The molecule has 1 aromatic heterocycles. The van der Waals surface area contributed by atoms with Crippen LogP contribution in [-0.4, -0.2) is 10.5 Å². The van der Waals surface area contributed by atoms with Gasteiger partial charge in [-0.05, 0) is 31.2 Å². The van der Waals surface area contributed by atoms with Gasteiger partial charge in [0.15, 0.2) is 0 Å². The highest BCUT2D eigenvalue weighted by Gasteiger charge is 2.12. The lowest BCUT2D eigenvalue weighted by Crippen LogP contribution is -2.16. The van der Waals surface area contributed by atoms with E-state index in [0.717, 1.165) is 0 Å². The Balaban J connectivity index is 2.21. The van der Waals surface area contributed by atoms with Crippen molar-refractivity contribution in [1.82, 2.24) is 4.57 Å². The van der Waals surface area contributed by atoms with E-state index < -0.39 is 0 Å². The second kappa shape index (κ2) is 5.14. The standard InChI is InChI=1S/C13H14ClN3O/c1-2-17-8-9(14)6-12(17)13(18)16-11-5-3-4-10(15)7-11/h3-8H,2,15H2,1H3,(H,16,18). The van der Waals surface area contributed by atoms with Gasteiger partial charge in [0.05, 0.1) is 5.02 Å². The van der Waals surface area contributed by atoms with Crippen molar-refractivity contribution >= 4 is 28.9 Å². The molecule has 1 amide bonds. The van der Waals surface area contributed by atoms with Gasteiger partial charge in [-0.3, -0.25) is 4.79 Å². The summed E-state index contributed by atoms with van der Waals surface area (Å²) in [5.41, 5.74) is 7.46. The number of aryl methyl sites for hydroxylation is 1. The minimum atomic E-state index is -0.200. The summed E-state index contributed by atoms with van der Waals surface area (Å²) in [7, 11) is 0. The monoisotopic (exact) mass is 263 g/mol. The molecule has 18 heavy (non-hydrogen) atoms. The van der Waals surface area contributed by atoms with E-state index in [0.29, 0.717) is 28.6 Å². The number of rotatable bonds is 3. The first kappa shape index (κ1) is 12.5. The summed E-state index contributed by atoms with van der Waals surface area (Å²) < 4.78 is 1.80. The summed E-state index contributed by atoms with van der Waals surface area (Å²) in [6.07, 6.45) is 1.73. The van der Waals surface area contributed by atoms with E-state index in [4.69, 9.17) is 17.3 Å². The molecule has 2 rings (SSSR count). The van der Waals surface area contributed by atoms with Crippen molar-refractivity contribution in [2.75, 3.05) is 11.1 Å². The lowest BCUT2D eigenvalue weighted by atomic mass is 10.2. The minimum Gasteiger partial charge on any atom is -0.399 e. The molecule has 0 aliphatic rings. The highest BCUT2D eigenvalue weighted by molar-refractivity contribution is 6.31. The third-order valence-electron chi connectivity index (χ3n) is 2.58. The fourth-order valence-corrected chi connectivity index (χ4v) is 1.96. The van der Waals surface area contributed by atoms with Gasteiger partial charge in [-0.2, -0.15) is 0 Å². The van der Waals surface area contributed by atoms with Crippen LogP contribution in [0.3, 0.4) is 0 Å². The fraction of sp³-hybridized carbons (Fsp3) is 0.154. The summed E-state index contributed by atoms with van der Waals surface area (Å²) in [6, 6.07) is 8.69. The third-order valence-corrected chi connectivity index (χ3v) is 2.79. The van der Waals surface area contributed by atoms with E-state index in [2.05, 4.69) is 5.32 Å². The van der Waals surface area contributed by atoms with E-state index in [1.54, 1.807) is 41.1 Å². The summed E-state index contributed by atoms with van der Waals surface area (Å²) in [4.78, 5) is 12.1. The summed E-state index contributed by atoms with van der Waals surface area (Å²) in [5, 5.41) is 3.34. The van der Waals surface area contributed by atoms with Crippen LogP contribution in [0.15, 0.2) is 36.5 Å². The zero-order chi connectivity index (χ0) is 13.1. The topological polar surface area (TPSA) is 60.0 Å². The lowest BCUT2D eigenvalue weighted by Gasteiger charge is -2.08. The molecule has 0 saturated carbocycles. The Labute approximate surface area is 110 Å². The number of hydrogen-bond acceptors (Lipinski definition) is 2. The Morgan fingerprint density at radius 3 is 2.89 bits per heavy atom. The molecule has 0 radical (unpaired) electrons. The van der Waals surface area contributed by atoms with Crippen molar-refractivity contribution in [3.05, 3.63) is 47.2 Å². The number of benzene rings is 1. The Hall–Kier alpha value is -1.94. The number of halogens is 1. The number of nitrogen functional groups attached to an aromatic ring is 1.